The summed E-state index contributed by atoms with van der Waals surface area (Å²) in [6.07, 6.45) is 1.13. The van der Waals surface area contributed by atoms with Gasteiger partial charge in [-0.1, -0.05) is 60.7 Å². The lowest BCUT2D eigenvalue weighted by Crippen LogP contribution is -2.67. The number of likely N-dealkylation sites (tertiary alicyclic amines) is 1. The number of carbonyl (C=O) groups is 4. The monoisotopic (exact) mass is 465 g/mol. The third kappa shape index (κ3) is 6.76. The Morgan fingerprint density at radius 1 is 0.882 bits per heavy atom. The molecule has 2 aromatic carbocycles. The summed E-state index contributed by atoms with van der Waals surface area (Å²) in [4.78, 5) is 50.3. The van der Waals surface area contributed by atoms with Crippen LogP contribution in [0.2, 0.25) is 0 Å². The molecule has 3 rings (SSSR count). The molecule has 7 nitrogen and oxygen atoms in total. The molecule has 1 aliphatic heterocycles. The van der Waals surface area contributed by atoms with Crippen molar-refractivity contribution in [2.75, 3.05) is 0 Å². The number of nitrogens with zero attached hydrogens (tertiary/aromatic N) is 1. The fraction of sp³-hybridized carbons (Fsp3) is 0.407. The molecule has 0 bridgehead atoms. The van der Waals surface area contributed by atoms with Crippen LogP contribution in [0.3, 0.4) is 0 Å². The minimum absolute atomic E-state index is 0.152. The molecule has 180 valence electrons. The molecular weight excluding hydrogens is 434 g/mol. The summed E-state index contributed by atoms with van der Waals surface area (Å²) in [5.41, 5.74) is 2.24. The molecule has 2 amide bonds. The smallest absolute Gasteiger partial charge is 0.306 e. The van der Waals surface area contributed by atoms with Crippen molar-refractivity contribution in [2.24, 2.45) is 5.92 Å². The number of benzene rings is 2. The number of β-lactam (4-membered cyclic amide) rings is 1. The van der Waals surface area contributed by atoms with Crippen molar-refractivity contribution in [3.8, 4) is 0 Å². The van der Waals surface area contributed by atoms with Gasteiger partial charge in [-0.25, -0.2) is 4.90 Å². The fourth-order valence-electron chi connectivity index (χ4n) is 4.11. The Bertz CT molecular complexity index is 991. The Balaban J connectivity index is 1.50. The van der Waals surface area contributed by atoms with Crippen molar-refractivity contribution in [1.82, 2.24) is 4.90 Å². The topological polar surface area (TPSA) is 90.0 Å². The van der Waals surface area contributed by atoms with Gasteiger partial charge in [0.05, 0.1) is 0 Å². The largest absolute Gasteiger partial charge is 0.462 e. The van der Waals surface area contributed by atoms with E-state index in [0.29, 0.717) is 19.3 Å². The molecule has 3 atom stereocenters. The maximum atomic E-state index is 12.8. The molecule has 0 radical (unpaired) electrons. The van der Waals surface area contributed by atoms with E-state index in [4.69, 9.17) is 9.47 Å². The van der Waals surface area contributed by atoms with Gasteiger partial charge in [0.25, 0.3) is 0 Å². The number of rotatable bonds is 11. The summed E-state index contributed by atoms with van der Waals surface area (Å²) < 4.78 is 10.7. The number of imide groups is 1. The molecule has 1 saturated heterocycles. The van der Waals surface area contributed by atoms with Crippen LogP contribution in [0.5, 0.6) is 0 Å². The third-order valence-corrected chi connectivity index (χ3v) is 5.85. The lowest BCUT2D eigenvalue weighted by atomic mass is 9.89. The summed E-state index contributed by atoms with van der Waals surface area (Å²) >= 11 is 0. The molecule has 0 N–H and O–H groups in total. The summed E-state index contributed by atoms with van der Waals surface area (Å²) in [5.74, 6) is -2.80. The van der Waals surface area contributed by atoms with Crippen molar-refractivity contribution >= 4 is 23.8 Å². The molecule has 0 aromatic heterocycles. The number of ether oxygens (including phenoxy) is 2. The molecule has 1 heterocycles. The van der Waals surface area contributed by atoms with Gasteiger partial charge >= 0.3 is 11.9 Å². The van der Waals surface area contributed by atoms with E-state index in [1.54, 1.807) is 6.92 Å². The number of carbonyl (C=O) groups excluding carboxylic acids is 4. The normalized spacial score (nSPS) is 18.1. The first-order valence-electron chi connectivity index (χ1n) is 11.7. The van der Waals surface area contributed by atoms with E-state index < -0.39 is 42.0 Å². The Morgan fingerprint density at radius 2 is 1.41 bits per heavy atom. The van der Waals surface area contributed by atoms with Crippen LogP contribution in [0.25, 0.3) is 0 Å². The SMILES string of the molecule is CC(=O)O[C@@H]1[C@@H]([C@@H](C)OC(=O)CCCc2ccccc2)C(=O)N1C(=O)CCCc1ccccc1. The Kier molecular flexibility index (Phi) is 8.96. The van der Waals surface area contributed by atoms with E-state index in [1.807, 2.05) is 60.7 Å². The van der Waals surface area contributed by atoms with Crippen LogP contribution < -0.4 is 0 Å². The Morgan fingerprint density at radius 3 is 1.94 bits per heavy atom. The Labute approximate surface area is 200 Å². The van der Waals surface area contributed by atoms with Crippen molar-refractivity contribution in [3.63, 3.8) is 0 Å². The molecule has 7 heteroatoms. The highest BCUT2D eigenvalue weighted by atomic mass is 16.6. The predicted molar refractivity (Wildman–Crippen MR) is 125 cm³/mol. The van der Waals surface area contributed by atoms with E-state index in [-0.39, 0.29) is 12.8 Å². The standard InChI is InChI=1S/C27H31NO6/c1-19(33-24(31)18-10-16-22-13-7-4-8-14-22)25-26(32)28(27(25)34-20(2)29)23(30)17-9-15-21-11-5-3-6-12-21/h3-8,11-14,19,25,27H,9-10,15-18H2,1-2H3/t19-,25+,27-/m1/s1. The summed E-state index contributed by atoms with van der Waals surface area (Å²) in [7, 11) is 0. The molecule has 0 aliphatic carbocycles. The first-order chi connectivity index (χ1) is 16.4. The molecule has 0 unspecified atom stereocenters. The zero-order valence-corrected chi connectivity index (χ0v) is 19.6. The van der Waals surface area contributed by atoms with E-state index >= 15 is 0 Å². The van der Waals surface area contributed by atoms with Gasteiger partial charge in [-0.05, 0) is 43.7 Å². The van der Waals surface area contributed by atoms with Crippen LogP contribution in [-0.2, 0) is 41.5 Å². The predicted octanol–water partition coefficient (Wildman–Crippen LogP) is 3.84. The first kappa shape index (κ1) is 25.1. The number of hydrogen-bond donors (Lipinski definition) is 0. The van der Waals surface area contributed by atoms with Crippen LogP contribution in [0.4, 0.5) is 0 Å². The van der Waals surface area contributed by atoms with Crippen LogP contribution in [-0.4, -0.2) is 41.0 Å². The van der Waals surface area contributed by atoms with Gasteiger partial charge in [0.1, 0.15) is 12.0 Å². The molecule has 1 fully saturated rings. The second-order valence-corrected chi connectivity index (χ2v) is 8.50. The molecule has 1 aliphatic rings. The van der Waals surface area contributed by atoms with E-state index in [9.17, 15) is 19.2 Å². The van der Waals surface area contributed by atoms with Crippen LogP contribution >= 0.6 is 0 Å². The number of esters is 2. The number of hydrogen-bond acceptors (Lipinski definition) is 6. The maximum absolute atomic E-state index is 12.8. The molecule has 0 spiro atoms. The average molecular weight is 466 g/mol. The Hall–Kier alpha value is -3.48. The van der Waals surface area contributed by atoms with Gasteiger partial charge in [0.15, 0.2) is 6.23 Å². The summed E-state index contributed by atoms with van der Waals surface area (Å²) in [5, 5.41) is 0. The van der Waals surface area contributed by atoms with Crippen molar-refractivity contribution < 1.29 is 28.7 Å². The van der Waals surface area contributed by atoms with Gasteiger partial charge in [-0.2, -0.15) is 0 Å². The number of aryl methyl sites for hydroxylation is 2. The fourth-order valence-corrected chi connectivity index (χ4v) is 4.11. The van der Waals surface area contributed by atoms with Gasteiger partial charge in [0.2, 0.25) is 11.8 Å². The third-order valence-electron chi connectivity index (χ3n) is 5.85. The van der Waals surface area contributed by atoms with E-state index in [1.165, 1.54) is 6.92 Å². The minimum Gasteiger partial charge on any atom is -0.462 e. The van der Waals surface area contributed by atoms with Crippen molar-refractivity contribution in [3.05, 3.63) is 71.8 Å². The van der Waals surface area contributed by atoms with Gasteiger partial charge in [-0.15, -0.1) is 0 Å². The van der Waals surface area contributed by atoms with Gasteiger partial charge in [-0.3, -0.25) is 19.2 Å². The van der Waals surface area contributed by atoms with E-state index in [2.05, 4.69) is 0 Å². The zero-order valence-electron chi connectivity index (χ0n) is 19.6. The minimum atomic E-state index is -1.05. The second kappa shape index (κ2) is 12.1. The highest BCUT2D eigenvalue weighted by molar-refractivity contribution is 6.02. The second-order valence-electron chi connectivity index (χ2n) is 8.50. The summed E-state index contributed by atoms with van der Waals surface area (Å²) in [6.45, 7) is 2.81. The van der Waals surface area contributed by atoms with Crippen LogP contribution in [0, 0.1) is 5.92 Å². The van der Waals surface area contributed by atoms with Crippen molar-refractivity contribution in [2.45, 2.75) is 64.7 Å². The van der Waals surface area contributed by atoms with Gasteiger partial charge in [0, 0.05) is 19.8 Å². The highest BCUT2D eigenvalue weighted by Gasteiger charge is 2.56. The average Bonchev–Trinajstić information content (AvgIpc) is 2.80. The maximum Gasteiger partial charge on any atom is 0.306 e. The van der Waals surface area contributed by atoms with Crippen LogP contribution in [0.15, 0.2) is 60.7 Å². The van der Waals surface area contributed by atoms with E-state index in [0.717, 1.165) is 22.4 Å². The molecule has 0 saturated carbocycles. The molecule has 2 aromatic rings. The zero-order chi connectivity index (χ0) is 24.5. The molecular formula is C27H31NO6. The lowest BCUT2D eigenvalue weighted by Gasteiger charge is -2.46. The van der Waals surface area contributed by atoms with Crippen molar-refractivity contribution in [1.29, 1.82) is 0 Å². The van der Waals surface area contributed by atoms with Gasteiger partial charge < -0.3 is 9.47 Å². The lowest BCUT2D eigenvalue weighted by molar-refractivity contribution is -0.210. The number of amides is 2. The van der Waals surface area contributed by atoms with Crippen LogP contribution in [0.1, 0.15) is 50.7 Å². The quantitative estimate of drug-likeness (QED) is 0.370. The first-order valence-corrected chi connectivity index (χ1v) is 11.7. The summed E-state index contributed by atoms with van der Waals surface area (Å²) in [6, 6.07) is 19.6. The molecule has 34 heavy (non-hydrogen) atoms. The highest BCUT2D eigenvalue weighted by Crippen LogP contribution is 2.33.